The molecule has 3 rings (SSSR count). The Kier molecular flexibility index (Phi) is 2.82. The van der Waals surface area contributed by atoms with E-state index in [9.17, 15) is 5.11 Å². The van der Waals surface area contributed by atoms with Gasteiger partial charge in [-0.05, 0) is 11.6 Å². The average molecular weight is 247 g/mol. The molecule has 0 spiro atoms. The second-order valence-corrected chi connectivity index (χ2v) is 5.14. The number of hydrogen-bond acceptors (Lipinski definition) is 4. The Labute approximate surface area is 104 Å². The summed E-state index contributed by atoms with van der Waals surface area (Å²) >= 11 is 1.57. The molecule has 88 valence electrons. The third kappa shape index (κ3) is 2.18. The van der Waals surface area contributed by atoms with Crippen molar-refractivity contribution in [2.75, 3.05) is 0 Å². The number of ether oxygens (including phenoxy) is 1. The number of nitrogens with zero attached hydrogens (tertiary/aromatic N) is 1. The van der Waals surface area contributed by atoms with E-state index in [0.29, 0.717) is 6.42 Å². The zero-order chi connectivity index (χ0) is 11.7. The third-order valence-corrected chi connectivity index (χ3v) is 3.77. The lowest BCUT2D eigenvalue weighted by atomic mass is 10.0. The minimum atomic E-state index is -0.492. The molecule has 2 unspecified atom stereocenters. The second-order valence-electron chi connectivity index (χ2n) is 4.17. The predicted molar refractivity (Wildman–Crippen MR) is 66.4 cm³/mol. The van der Waals surface area contributed by atoms with Gasteiger partial charge in [-0.25, -0.2) is 4.98 Å². The molecule has 0 saturated heterocycles. The third-order valence-electron chi connectivity index (χ3n) is 2.97. The van der Waals surface area contributed by atoms with E-state index in [0.717, 1.165) is 17.2 Å². The van der Waals surface area contributed by atoms with Crippen LogP contribution in [0.5, 0.6) is 5.75 Å². The van der Waals surface area contributed by atoms with Gasteiger partial charge < -0.3 is 9.84 Å². The topological polar surface area (TPSA) is 42.4 Å². The molecule has 2 aromatic rings. The molecule has 17 heavy (non-hydrogen) atoms. The van der Waals surface area contributed by atoms with E-state index in [4.69, 9.17) is 4.74 Å². The molecule has 3 nitrogen and oxygen atoms in total. The first-order chi connectivity index (χ1) is 8.33. The fourth-order valence-electron chi connectivity index (χ4n) is 2.09. The van der Waals surface area contributed by atoms with Crippen molar-refractivity contribution < 1.29 is 9.84 Å². The van der Waals surface area contributed by atoms with Gasteiger partial charge >= 0.3 is 0 Å². The van der Waals surface area contributed by atoms with Crippen LogP contribution < -0.4 is 4.74 Å². The molecule has 0 radical (unpaired) electrons. The summed E-state index contributed by atoms with van der Waals surface area (Å²) < 4.78 is 5.74. The van der Waals surface area contributed by atoms with Gasteiger partial charge in [0.25, 0.3) is 0 Å². The van der Waals surface area contributed by atoms with Gasteiger partial charge in [-0.2, -0.15) is 0 Å². The molecule has 0 aliphatic carbocycles. The van der Waals surface area contributed by atoms with E-state index in [-0.39, 0.29) is 6.10 Å². The van der Waals surface area contributed by atoms with Crippen LogP contribution in [0.3, 0.4) is 0 Å². The van der Waals surface area contributed by atoms with Crippen LogP contribution in [-0.2, 0) is 12.8 Å². The van der Waals surface area contributed by atoms with Gasteiger partial charge in [-0.1, -0.05) is 18.2 Å². The van der Waals surface area contributed by atoms with Crippen LogP contribution in [-0.4, -0.2) is 22.3 Å². The minimum Gasteiger partial charge on any atom is -0.487 e. The molecule has 0 fully saturated rings. The summed E-state index contributed by atoms with van der Waals surface area (Å²) in [6.07, 6.45) is 2.47. The summed E-state index contributed by atoms with van der Waals surface area (Å²) in [5, 5.41) is 13.0. The maximum atomic E-state index is 10.1. The van der Waals surface area contributed by atoms with Crippen LogP contribution in [0.4, 0.5) is 0 Å². The van der Waals surface area contributed by atoms with Crippen LogP contribution >= 0.6 is 11.3 Å². The maximum Gasteiger partial charge on any atom is 0.129 e. The predicted octanol–water partition coefficient (Wildman–Crippen LogP) is 2.05. The first-order valence-electron chi connectivity index (χ1n) is 5.64. The zero-order valence-electron chi connectivity index (χ0n) is 9.24. The van der Waals surface area contributed by atoms with E-state index in [1.165, 1.54) is 5.56 Å². The molecule has 1 aliphatic rings. The van der Waals surface area contributed by atoms with Crippen LogP contribution in [0.15, 0.2) is 35.8 Å². The number of para-hydroxylation sites is 1. The number of aliphatic hydroxyl groups is 1. The Morgan fingerprint density at radius 2 is 2.35 bits per heavy atom. The summed E-state index contributed by atoms with van der Waals surface area (Å²) in [5.74, 6) is 0.899. The van der Waals surface area contributed by atoms with Gasteiger partial charge in [-0.15, -0.1) is 11.3 Å². The lowest BCUT2D eigenvalue weighted by Crippen LogP contribution is -2.31. The average Bonchev–Trinajstić information content (AvgIpc) is 2.96. The van der Waals surface area contributed by atoms with Gasteiger partial charge in [0, 0.05) is 24.4 Å². The molecular formula is C13H13NO2S. The highest BCUT2D eigenvalue weighted by Crippen LogP contribution is 2.30. The van der Waals surface area contributed by atoms with Crippen molar-refractivity contribution in [3.8, 4) is 5.75 Å². The Morgan fingerprint density at radius 1 is 1.47 bits per heavy atom. The van der Waals surface area contributed by atoms with Crippen molar-refractivity contribution in [3.63, 3.8) is 0 Å². The van der Waals surface area contributed by atoms with Gasteiger partial charge in [0.15, 0.2) is 0 Å². The zero-order valence-corrected chi connectivity index (χ0v) is 10.1. The smallest absolute Gasteiger partial charge is 0.129 e. The van der Waals surface area contributed by atoms with Gasteiger partial charge in [0.1, 0.15) is 11.9 Å². The van der Waals surface area contributed by atoms with Crippen molar-refractivity contribution in [1.29, 1.82) is 0 Å². The molecule has 1 aromatic carbocycles. The SMILES string of the molecule is OC(Cc1nccs1)C1Cc2ccccc2O1. The van der Waals surface area contributed by atoms with Gasteiger partial charge in [0.2, 0.25) is 0 Å². The number of rotatable bonds is 3. The molecule has 1 N–H and O–H groups in total. The standard InChI is InChI=1S/C13H13NO2S/c15-10(8-13-14-5-6-17-13)12-7-9-3-1-2-4-11(9)16-12/h1-6,10,12,15H,7-8H2. The van der Waals surface area contributed by atoms with E-state index in [2.05, 4.69) is 4.98 Å². The van der Waals surface area contributed by atoms with E-state index >= 15 is 0 Å². The summed E-state index contributed by atoms with van der Waals surface area (Å²) in [7, 11) is 0. The van der Waals surface area contributed by atoms with E-state index in [1.54, 1.807) is 17.5 Å². The molecule has 1 aliphatic heterocycles. The lowest BCUT2D eigenvalue weighted by Gasteiger charge is -2.16. The summed E-state index contributed by atoms with van der Waals surface area (Å²) in [6.45, 7) is 0. The highest BCUT2D eigenvalue weighted by molar-refractivity contribution is 7.09. The van der Waals surface area contributed by atoms with Crippen LogP contribution in [0.1, 0.15) is 10.6 Å². The summed E-state index contributed by atoms with van der Waals surface area (Å²) in [6, 6.07) is 7.95. The molecule has 2 atom stereocenters. The van der Waals surface area contributed by atoms with E-state index < -0.39 is 6.10 Å². The van der Waals surface area contributed by atoms with Crippen molar-refractivity contribution in [2.24, 2.45) is 0 Å². The number of fused-ring (bicyclic) bond motifs is 1. The van der Waals surface area contributed by atoms with Crippen LogP contribution in [0.25, 0.3) is 0 Å². The molecule has 0 bridgehead atoms. The summed E-state index contributed by atoms with van der Waals surface area (Å²) in [4.78, 5) is 4.18. The normalized spacial score (nSPS) is 19.7. The Hall–Kier alpha value is -1.39. The number of aliphatic hydroxyl groups excluding tert-OH is 1. The largest absolute Gasteiger partial charge is 0.487 e. The first-order valence-corrected chi connectivity index (χ1v) is 6.52. The van der Waals surface area contributed by atoms with Crippen molar-refractivity contribution >= 4 is 11.3 Å². The van der Waals surface area contributed by atoms with Gasteiger partial charge in [0.05, 0.1) is 11.1 Å². The fourth-order valence-corrected chi connectivity index (χ4v) is 2.76. The lowest BCUT2D eigenvalue weighted by molar-refractivity contribution is 0.0502. The number of aromatic nitrogens is 1. The molecule has 0 saturated carbocycles. The number of hydrogen-bond donors (Lipinski definition) is 1. The highest BCUT2D eigenvalue weighted by Gasteiger charge is 2.29. The first kappa shape index (κ1) is 10.7. The maximum absolute atomic E-state index is 10.1. The highest BCUT2D eigenvalue weighted by atomic mass is 32.1. The Morgan fingerprint density at radius 3 is 3.12 bits per heavy atom. The fraction of sp³-hybridized carbons (Fsp3) is 0.308. The number of benzene rings is 1. The second kappa shape index (κ2) is 4.47. The molecule has 2 heterocycles. The minimum absolute atomic E-state index is 0.142. The molecule has 4 heteroatoms. The van der Waals surface area contributed by atoms with Crippen LogP contribution in [0.2, 0.25) is 0 Å². The van der Waals surface area contributed by atoms with Crippen molar-refractivity contribution in [2.45, 2.75) is 25.0 Å². The van der Waals surface area contributed by atoms with Crippen molar-refractivity contribution in [3.05, 3.63) is 46.4 Å². The Bertz CT molecular complexity index is 473. The van der Waals surface area contributed by atoms with Crippen LogP contribution in [0, 0.1) is 0 Å². The quantitative estimate of drug-likeness (QED) is 0.902. The molecule has 0 amide bonds. The van der Waals surface area contributed by atoms with E-state index in [1.807, 2.05) is 29.6 Å². The monoisotopic (exact) mass is 247 g/mol. The molecular weight excluding hydrogens is 234 g/mol. The summed E-state index contributed by atoms with van der Waals surface area (Å²) in [5.41, 5.74) is 1.18. The Balaban J connectivity index is 1.68. The molecule has 1 aromatic heterocycles. The van der Waals surface area contributed by atoms with Crippen molar-refractivity contribution in [1.82, 2.24) is 4.98 Å². The van der Waals surface area contributed by atoms with Gasteiger partial charge in [-0.3, -0.25) is 0 Å². The number of thiazole rings is 1.